The van der Waals surface area contributed by atoms with Crippen molar-refractivity contribution in [3.8, 4) is 0 Å². The minimum atomic E-state index is -0.421. The van der Waals surface area contributed by atoms with Crippen molar-refractivity contribution < 1.29 is 9.53 Å². The van der Waals surface area contributed by atoms with Crippen LogP contribution in [0, 0.1) is 0 Å². The summed E-state index contributed by atoms with van der Waals surface area (Å²) < 4.78 is 6.10. The van der Waals surface area contributed by atoms with Gasteiger partial charge in [-0.15, -0.1) is 0 Å². The van der Waals surface area contributed by atoms with Crippen LogP contribution in [0.3, 0.4) is 0 Å². The molecular formula is C13H21ClN4O3. The number of carbonyl (C=O) groups is 1. The lowest BCUT2D eigenvalue weighted by Gasteiger charge is -2.20. The average Bonchev–Trinajstić information content (AvgIpc) is 2.37. The highest BCUT2D eigenvalue weighted by Gasteiger charge is 2.14. The standard InChI is InChI=1S/C13H21ClN4O3/c1-13(2,3)17-10(19)8-15-9-7-16-18(5-6-21-4)12(20)11(9)14/h7,15H,5-6,8H2,1-4H3,(H,17,19). The number of rotatable bonds is 6. The lowest BCUT2D eigenvalue weighted by molar-refractivity contribution is -0.120. The van der Waals surface area contributed by atoms with Crippen molar-refractivity contribution in [3.63, 3.8) is 0 Å². The van der Waals surface area contributed by atoms with Crippen LogP contribution in [-0.2, 0) is 16.1 Å². The number of nitrogens with one attached hydrogen (secondary N) is 2. The zero-order chi connectivity index (χ0) is 16.0. The summed E-state index contributed by atoms with van der Waals surface area (Å²) in [5.41, 5.74) is -0.404. The Morgan fingerprint density at radius 2 is 2.14 bits per heavy atom. The monoisotopic (exact) mass is 316 g/mol. The zero-order valence-electron chi connectivity index (χ0n) is 12.7. The molecule has 0 bridgehead atoms. The van der Waals surface area contributed by atoms with Crippen LogP contribution >= 0.6 is 11.6 Å². The summed E-state index contributed by atoms with van der Waals surface area (Å²) in [6, 6.07) is 0. The normalized spacial score (nSPS) is 11.3. The number of nitrogens with zero attached hydrogens (tertiary/aromatic N) is 2. The van der Waals surface area contributed by atoms with Gasteiger partial charge in [-0.05, 0) is 20.8 Å². The molecule has 21 heavy (non-hydrogen) atoms. The molecule has 0 radical (unpaired) electrons. The summed E-state index contributed by atoms with van der Waals surface area (Å²) in [6.45, 7) is 6.35. The zero-order valence-corrected chi connectivity index (χ0v) is 13.5. The average molecular weight is 317 g/mol. The number of anilines is 1. The van der Waals surface area contributed by atoms with Crippen LogP contribution in [0.5, 0.6) is 0 Å². The van der Waals surface area contributed by atoms with E-state index in [0.29, 0.717) is 18.8 Å². The SMILES string of the molecule is COCCn1ncc(NCC(=O)NC(C)(C)C)c(Cl)c1=O. The van der Waals surface area contributed by atoms with E-state index in [1.807, 2.05) is 20.8 Å². The van der Waals surface area contributed by atoms with Crippen LogP contribution in [0.4, 0.5) is 5.69 Å². The first-order valence-electron chi connectivity index (χ1n) is 6.54. The van der Waals surface area contributed by atoms with Gasteiger partial charge in [0.15, 0.2) is 0 Å². The second kappa shape index (κ2) is 7.42. The van der Waals surface area contributed by atoms with E-state index in [1.54, 1.807) is 0 Å². The Bertz CT molecular complexity index is 551. The van der Waals surface area contributed by atoms with Gasteiger partial charge in [-0.25, -0.2) is 4.68 Å². The number of halogens is 1. The molecule has 1 amide bonds. The molecule has 1 rings (SSSR count). The highest BCUT2D eigenvalue weighted by molar-refractivity contribution is 6.33. The number of ether oxygens (including phenoxy) is 1. The maximum Gasteiger partial charge on any atom is 0.287 e. The van der Waals surface area contributed by atoms with E-state index >= 15 is 0 Å². The molecule has 0 atom stereocenters. The fraction of sp³-hybridized carbons (Fsp3) is 0.615. The molecule has 8 heteroatoms. The Morgan fingerprint density at radius 3 is 2.71 bits per heavy atom. The Morgan fingerprint density at radius 1 is 1.48 bits per heavy atom. The van der Waals surface area contributed by atoms with E-state index in [2.05, 4.69) is 15.7 Å². The van der Waals surface area contributed by atoms with Crippen molar-refractivity contribution in [2.45, 2.75) is 32.9 Å². The first-order valence-corrected chi connectivity index (χ1v) is 6.92. The summed E-state index contributed by atoms with van der Waals surface area (Å²) >= 11 is 5.99. The lowest BCUT2D eigenvalue weighted by atomic mass is 10.1. The highest BCUT2D eigenvalue weighted by atomic mass is 35.5. The van der Waals surface area contributed by atoms with Crippen LogP contribution < -0.4 is 16.2 Å². The van der Waals surface area contributed by atoms with Gasteiger partial charge < -0.3 is 15.4 Å². The maximum atomic E-state index is 11.9. The third-order valence-electron chi connectivity index (χ3n) is 2.45. The smallest absolute Gasteiger partial charge is 0.287 e. The Hall–Kier alpha value is -1.60. The van der Waals surface area contributed by atoms with E-state index in [4.69, 9.17) is 16.3 Å². The van der Waals surface area contributed by atoms with E-state index in [-0.39, 0.29) is 23.0 Å². The van der Waals surface area contributed by atoms with Crippen molar-refractivity contribution in [2.75, 3.05) is 25.6 Å². The summed E-state index contributed by atoms with van der Waals surface area (Å²) in [4.78, 5) is 23.6. The van der Waals surface area contributed by atoms with Gasteiger partial charge in [0.1, 0.15) is 5.02 Å². The van der Waals surface area contributed by atoms with E-state index in [1.165, 1.54) is 18.0 Å². The Labute approximate surface area is 128 Å². The van der Waals surface area contributed by atoms with Crippen molar-refractivity contribution in [3.05, 3.63) is 21.6 Å². The van der Waals surface area contributed by atoms with E-state index < -0.39 is 5.56 Å². The predicted molar refractivity (Wildman–Crippen MR) is 81.8 cm³/mol. The van der Waals surface area contributed by atoms with Gasteiger partial charge in [-0.3, -0.25) is 9.59 Å². The topological polar surface area (TPSA) is 85.2 Å². The molecule has 118 valence electrons. The van der Waals surface area contributed by atoms with Crippen LogP contribution in [-0.4, -0.2) is 41.5 Å². The molecule has 7 nitrogen and oxygen atoms in total. The fourth-order valence-electron chi connectivity index (χ4n) is 1.56. The van der Waals surface area contributed by atoms with Crippen LogP contribution in [0.2, 0.25) is 5.02 Å². The number of hydrogen-bond donors (Lipinski definition) is 2. The summed E-state index contributed by atoms with van der Waals surface area (Å²) in [7, 11) is 1.54. The Balaban J connectivity index is 2.71. The summed E-state index contributed by atoms with van der Waals surface area (Å²) in [5, 5.41) is 9.59. The molecular weight excluding hydrogens is 296 g/mol. The number of amides is 1. The third kappa shape index (κ3) is 5.73. The van der Waals surface area contributed by atoms with Gasteiger partial charge in [-0.2, -0.15) is 5.10 Å². The number of aromatic nitrogens is 2. The van der Waals surface area contributed by atoms with Gasteiger partial charge in [0.05, 0.1) is 31.6 Å². The summed E-state index contributed by atoms with van der Waals surface area (Å²) in [6.07, 6.45) is 1.42. The first-order chi connectivity index (χ1) is 9.74. The molecule has 1 heterocycles. The second-order valence-corrected chi connectivity index (χ2v) is 5.92. The molecule has 1 aromatic rings. The van der Waals surface area contributed by atoms with Gasteiger partial charge in [0.25, 0.3) is 5.56 Å². The van der Waals surface area contributed by atoms with Gasteiger partial charge >= 0.3 is 0 Å². The highest BCUT2D eigenvalue weighted by Crippen LogP contribution is 2.14. The molecule has 0 saturated carbocycles. The van der Waals surface area contributed by atoms with Crippen molar-refractivity contribution in [1.82, 2.24) is 15.1 Å². The van der Waals surface area contributed by atoms with Gasteiger partial charge in [0, 0.05) is 12.6 Å². The fourth-order valence-corrected chi connectivity index (χ4v) is 1.78. The minimum Gasteiger partial charge on any atom is -0.383 e. The second-order valence-electron chi connectivity index (χ2n) is 5.55. The quantitative estimate of drug-likeness (QED) is 0.813. The molecule has 1 aromatic heterocycles. The van der Waals surface area contributed by atoms with Gasteiger partial charge in [0.2, 0.25) is 5.91 Å². The molecule has 2 N–H and O–H groups in total. The number of hydrogen-bond acceptors (Lipinski definition) is 5. The van der Waals surface area contributed by atoms with Gasteiger partial charge in [-0.1, -0.05) is 11.6 Å². The molecule has 0 unspecified atom stereocenters. The van der Waals surface area contributed by atoms with E-state index in [9.17, 15) is 9.59 Å². The minimum absolute atomic E-state index is 0.00432. The molecule has 0 aliphatic heterocycles. The molecule has 0 aromatic carbocycles. The predicted octanol–water partition coefficient (Wildman–Crippen LogP) is 0.870. The molecule has 0 aliphatic carbocycles. The molecule has 0 saturated heterocycles. The number of methoxy groups -OCH3 is 1. The number of carbonyl (C=O) groups excluding carboxylic acids is 1. The van der Waals surface area contributed by atoms with Crippen molar-refractivity contribution in [2.24, 2.45) is 0 Å². The van der Waals surface area contributed by atoms with E-state index in [0.717, 1.165) is 0 Å². The maximum absolute atomic E-state index is 11.9. The van der Waals surface area contributed by atoms with Crippen LogP contribution in [0.15, 0.2) is 11.0 Å². The molecule has 0 aliphatic rings. The van der Waals surface area contributed by atoms with Crippen LogP contribution in [0.25, 0.3) is 0 Å². The lowest BCUT2D eigenvalue weighted by Crippen LogP contribution is -2.43. The molecule has 0 fully saturated rings. The van der Waals surface area contributed by atoms with Crippen molar-refractivity contribution in [1.29, 1.82) is 0 Å². The Kier molecular flexibility index (Phi) is 6.17. The first kappa shape index (κ1) is 17.5. The third-order valence-corrected chi connectivity index (χ3v) is 2.81. The molecule has 0 spiro atoms. The summed E-state index contributed by atoms with van der Waals surface area (Å²) in [5.74, 6) is -0.192. The van der Waals surface area contributed by atoms with Crippen molar-refractivity contribution >= 4 is 23.2 Å². The largest absolute Gasteiger partial charge is 0.383 e. The van der Waals surface area contributed by atoms with Crippen LogP contribution in [0.1, 0.15) is 20.8 Å².